The molecule has 0 heterocycles. The summed E-state index contributed by atoms with van der Waals surface area (Å²) in [4.78, 5) is 4.88. The van der Waals surface area contributed by atoms with Crippen molar-refractivity contribution >= 4 is 80.8 Å². The number of rotatable bonds is 16. The molecule has 1 radical (unpaired) electrons. The van der Waals surface area contributed by atoms with Crippen molar-refractivity contribution in [2.75, 3.05) is 19.8 Å². The summed E-state index contributed by atoms with van der Waals surface area (Å²) in [5.41, 5.74) is 0. The molecule has 155 valence electrons. The average molecular weight is 714 g/mol. The summed E-state index contributed by atoms with van der Waals surface area (Å²) in [7, 11) is -1.47. The van der Waals surface area contributed by atoms with Crippen LogP contribution in [0.1, 0.15) is 34.1 Å². The van der Waals surface area contributed by atoms with Crippen molar-refractivity contribution in [2.45, 2.75) is 63.7 Å². The van der Waals surface area contributed by atoms with Crippen molar-refractivity contribution in [1.82, 2.24) is 4.67 Å². The molecule has 7 nitrogen and oxygen atoms in total. The Labute approximate surface area is 208 Å². The van der Waals surface area contributed by atoms with Crippen molar-refractivity contribution in [2.24, 2.45) is 0 Å². The molecule has 0 saturated carbocycles. The van der Waals surface area contributed by atoms with Gasteiger partial charge in [-0.3, -0.25) is 0 Å². The molecule has 0 amide bonds. The molecular weight excluding hydrogens is 688 g/mol. The molecule has 27 heavy (non-hydrogen) atoms. The molecule has 0 aromatic carbocycles. The molecule has 0 aliphatic carbocycles. The molecular formula is C14H25BaF2IN2O5PSe. The molecule has 3 unspecified atom stereocenters. The van der Waals surface area contributed by atoms with E-state index in [4.69, 9.17) is 23.9 Å². The molecule has 0 aromatic heterocycles. The Hall–Kier alpha value is 2.36. The Morgan fingerprint density at radius 1 is 1.19 bits per heavy atom. The first-order chi connectivity index (χ1) is 12.8. The standard InChI is InChI=1S/C14H26F2IN2O5PSe.Ba/c1-10(2)19(11(3)4)25(21-7-5-6-18)22-9-12(8-20-24-17)23-14(26)13(15)16;/h10-14,26H,5,7-9H2,1-4H3;/q;+1/p-1. The third-order valence-electron chi connectivity index (χ3n) is 3.03. The van der Waals surface area contributed by atoms with Gasteiger partial charge in [-0.1, -0.05) is 0 Å². The first-order valence-electron chi connectivity index (χ1n) is 8.24. The van der Waals surface area contributed by atoms with Crippen LogP contribution in [0.25, 0.3) is 0 Å². The van der Waals surface area contributed by atoms with E-state index < -0.39 is 26.1 Å². The van der Waals surface area contributed by atoms with Gasteiger partial charge in [0, 0.05) is 0 Å². The van der Waals surface area contributed by atoms with E-state index in [-0.39, 0.29) is 87.6 Å². The van der Waals surface area contributed by atoms with Crippen LogP contribution < -0.4 is 0 Å². The van der Waals surface area contributed by atoms with Crippen LogP contribution in [0.4, 0.5) is 8.78 Å². The number of hydrogen-bond acceptors (Lipinski definition) is 7. The van der Waals surface area contributed by atoms with Gasteiger partial charge >= 0.3 is 211 Å². The Bertz CT molecular complexity index is 421. The van der Waals surface area contributed by atoms with Crippen LogP contribution >= 0.6 is 31.5 Å². The van der Waals surface area contributed by atoms with Gasteiger partial charge in [-0.2, -0.15) is 0 Å². The van der Waals surface area contributed by atoms with E-state index in [9.17, 15) is 8.78 Å². The van der Waals surface area contributed by atoms with Crippen LogP contribution in [0.3, 0.4) is 0 Å². The van der Waals surface area contributed by atoms with Crippen LogP contribution in [0.15, 0.2) is 0 Å². The molecule has 0 aromatic rings. The molecule has 13 heteroatoms. The number of hydrogen-bond donors (Lipinski definition) is 0. The van der Waals surface area contributed by atoms with E-state index in [2.05, 4.69) is 7.89 Å². The van der Waals surface area contributed by atoms with Crippen LogP contribution in [-0.4, -0.2) is 103 Å². The second kappa shape index (κ2) is 18.0. The van der Waals surface area contributed by atoms with Crippen molar-refractivity contribution in [3.05, 3.63) is 0 Å². The minimum absolute atomic E-state index is 0.0270. The second-order valence-electron chi connectivity index (χ2n) is 5.82. The fourth-order valence-corrected chi connectivity index (χ4v) is 8.29. The van der Waals surface area contributed by atoms with Crippen LogP contribution in [0, 0.1) is 11.3 Å². The topological polar surface area (TPSA) is 73.2 Å². The number of nitrogens with zero attached hydrogens (tertiary/aromatic N) is 2. The predicted molar refractivity (Wildman–Crippen MR) is 108 cm³/mol. The normalized spacial score (nSPS) is 15.4. The SMILES string of the molecule is CC(C)N(C(C)C)P(OCCC#N)OCC(COOI)OC([Se][Ba])C(F)F. The van der Waals surface area contributed by atoms with E-state index in [1.54, 1.807) is 23.0 Å². The van der Waals surface area contributed by atoms with E-state index in [1.165, 1.54) is 0 Å². The zero-order chi connectivity index (χ0) is 20.8. The van der Waals surface area contributed by atoms with Crippen LogP contribution in [-0.2, 0) is 21.9 Å². The summed E-state index contributed by atoms with van der Waals surface area (Å²) in [6.45, 7) is 8.32. The van der Waals surface area contributed by atoms with Gasteiger partial charge < -0.3 is 0 Å². The van der Waals surface area contributed by atoms with Crippen molar-refractivity contribution in [1.29, 1.82) is 5.26 Å². The van der Waals surface area contributed by atoms with E-state index >= 15 is 0 Å². The molecule has 0 fully saturated rings. The van der Waals surface area contributed by atoms with Gasteiger partial charge in [-0.05, 0) is 0 Å². The van der Waals surface area contributed by atoms with Crippen molar-refractivity contribution in [3.8, 4) is 6.07 Å². The summed E-state index contributed by atoms with van der Waals surface area (Å²) in [6, 6.07) is 2.32. The second-order valence-corrected chi connectivity index (χ2v) is 14.7. The van der Waals surface area contributed by atoms with Gasteiger partial charge in [0.2, 0.25) is 0 Å². The van der Waals surface area contributed by atoms with E-state index in [1.807, 2.05) is 33.8 Å². The molecule has 0 aliphatic rings. The third-order valence-corrected chi connectivity index (χ3v) is 12.1. The zero-order valence-corrected chi connectivity index (χ0v) is 25.1. The monoisotopic (exact) mass is 715 g/mol. The fourth-order valence-electron chi connectivity index (χ4n) is 2.05. The van der Waals surface area contributed by atoms with Gasteiger partial charge in [0.1, 0.15) is 0 Å². The van der Waals surface area contributed by atoms with Gasteiger partial charge in [0.25, 0.3) is 0 Å². The maximum atomic E-state index is 13.1. The van der Waals surface area contributed by atoms with Crippen LogP contribution in [0.2, 0.25) is 0 Å². The summed E-state index contributed by atoms with van der Waals surface area (Å²) in [5, 5.41) is 7.67. The summed E-state index contributed by atoms with van der Waals surface area (Å²) in [5.74, 6) is 0. The molecule has 0 bridgehead atoms. The summed E-state index contributed by atoms with van der Waals surface area (Å²) in [6.07, 6.45) is -3.18. The van der Waals surface area contributed by atoms with E-state index in [0.29, 0.717) is 0 Å². The van der Waals surface area contributed by atoms with Crippen molar-refractivity contribution in [3.63, 3.8) is 0 Å². The molecule has 3 atom stereocenters. The Balaban J connectivity index is 5.06. The average Bonchev–Trinajstić information content (AvgIpc) is 2.59. The number of halogens is 3. The van der Waals surface area contributed by atoms with Gasteiger partial charge in [0.15, 0.2) is 0 Å². The summed E-state index contributed by atoms with van der Waals surface area (Å²) < 4.78 is 50.0. The quantitative estimate of drug-likeness (QED) is 0.0608. The van der Waals surface area contributed by atoms with Gasteiger partial charge in [-0.25, -0.2) is 0 Å². The number of alkyl halides is 2. The minimum atomic E-state index is -2.53. The Morgan fingerprint density at radius 2 is 1.81 bits per heavy atom. The third kappa shape index (κ3) is 13.4. The molecule has 0 aliphatic heterocycles. The first kappa shape index (κ1) is 29.4. The molecule has 0 saturated heterocycles. The maximum absolute atomic E-state index is 13.1. The molecule has 0 spiro atoms. The van der Waals surface area contributed by atoms with Crippen LogP contribution in [0.5, 0.6) is 0 Å². The number of nitriles is 1. The summed E-state index contributed by atoms with van der Waals surface area (Å²) >= 11 is 1.80. The Morgan fingerprint density at radius 3 is 2.26 bits per heavy atom. The molecule has 0 rings (SSSR count). The fraction of sp³-hybridized carbons (Fsp3) is 0.929. The zero-order valence-electron chi connectivity index (χ0n) is 15.8. The Kier molecular flexibility index (Phi) is 19.6. The number of ether oxygens (including phenoxy) is 1. The first-order valence-corrected chi connectivity index (χ1v) is 21.9. The van der Waals surface area contributed by atoms with Gasteiger partial charge in [0.05, 0.1) is 0 Å². The molecule has 0 N–H and O–H groups in total. The predicted octanol–water partition coefficient (Wildman–Crippen LogP) is 3.34. The van der Waals surface area contributed by atoms with Crippen molar-refractivity contribution < 1.29 is 30.7 Å². The van der Waals surface area contributed by atoms with E-state index in [0.717, 1.165) is 0 Å². The van der Waals surface area contributed by atoms with Gasteiger partial charge in [-0.15, -0.1) is 0 Å².